The number of fused-ring (bicyclic) bond motifs is 1. The molecule has 0 spiro atoms. The van der Waals surface area contributed by atoms with Crippen LogP contribution >= 0.6 is 0 Å². The summed E-state index contributed by atoms with van der Waals surface area (Å²) in [6.45, 7) is 5.02. The van der Waals surface area contributed by atoms with Gasteiger partial charge in [-0.2, -0.15) is 0 Å². The van der Waals surface area contributed by atoms with Gasteiger partial charge in [0.25, 0.3) is 0 Å². The molecule has 1 N–H and O–H groups in total. The van der Waals surface area contributed by atoms with Gasteiger partial charge in [-0.1, -0.05) is 63.1 Å². The molecule has 1 heterocycles. The minimum atomic E-state index is -0.188. The van der Waals surface area contributed by atoms with Crippen LogP contribution in [0.15, 0.2) is 54.7 Å². The molecule has 0 saturated heterocycles. The molecule has 1 fully saturated rings. The van der Waals surface area contributed by atoms with Gasteiger partial charge < -0.3 is 9.88 Å². The molecule has 1 aromatic heterocycles. The standard InChI is InChI=1S/C26H31FN2O/c1-18-8-7-12-24(19(18)2)28-26(30)15-14-20-16-29(25-13-6-4-10-22(20)25)17-21-9-3-5-11-23(21)27/h3-6,9-11,13,16,18-19,24H,7-8,12,14-15,17H2,1-2H3,(H,28,30)/t18-,19+,24+/m1/s1. The van der Waals surface area contributed by atoms with E-state index in [9.17, 15) is 9.18 Å². The predicted octanol–water partition coefficient (Wildman–Crippen LogP) is 5.70. The average Bonchev–Trinajstić information content (AvgIpc) is 3.09. The van der Waals surface area contributed by atoms with Crippen molar-refractivity contribution in [2.45, 2.75) is 58.5 Å². The number of carbonyl (C=O) groups excluding carboxylic acids is 1. The van der Waals surface area contributed by atoms with E-state index in [0.29, 0.717) is 42.8 Å². The largest absolute Gasteiger partial charge is 0.353 e. The third-order valence-electron chi connectivity index (χ3n) is 6.84. The lowest BCUT2D eigenvalue weighted by Crippen LogP contribution is -2.43. The molecule has 30 heavy (non-hydrogen) atoms. The molecular formula is C26H31FN2O. The summed E-state index contributed by atoms with van der Waals surface area (Å²) in [6, 6.07) is 15.4. The normalized spacial score (nSPS) is 21.6. The number of carbonyl (C=O) groups is 1. The van der Waals surface area contributed by atoms with E-state index in [1.165, 1.54) is 18.9 Å². The van der Waals surface area contributed by atoms with E-state index in [0.717, 1.165) is 22.9 Å². The number of rotatable bonds is 6. The third-order valence-corrected chi connectivity index (χ3v) is 6.84. The zero-order valence-corrected chi connectivity index (χ0v) is 17.9. The van der Waals surface area contributed by atoms with Gasteiger partial charge in [-0.25, -0.2) is 4.39 Å². The smallest absolute Gasteiger partial charge is 0.220 e. The fourth-order valence-corrected chi connectivity index (χ4v) is 4.78. The van der Waals surface area contributed by atoms with Crippen LogP contribution in [0.1, 0.15) is 50.7 Å². The molecule has 3 atom stereocenters. The van der Waals surface area contributed by atoms with Gasteiger partial charge in [0.2, 0.25) is 5.91 Å². The highest BCUT2D eigenvalue weighted by Gasteiger charge is 2.28. The van der Waals surface area contributed by atoms with Crippen molar-refractivity contribution in [3.05, 3.63) is 71.7 Å². The van der Waals surface area contributed by atoms with E-state index in [4.69, 9.17) is 0 Å². The number of nitrogens with zero attached hydrogens (tertiary/aromatic N) is 1. The Hall–Kier alpha value is -2.62. The second-order valence-corrected chi connectivity index (χ2v) is 8.83. The number of para-hydroxylation sites is 1. The van der Waals surface area contributed by atoms with Gasteiger partial charge in [0, 0.05) is 35.1 Å². The molecule has 0 bridgehead atoms. The molecule has 1 aliphatic rings. The van der Waals surface area contributed by atoms with Crippen LogP contribution in [-0.4, -0.2) is 16.5 Å². The number of aromatic nitrogens is 1. The van der Waals surface area contributed by atoms with Crippen molar-refractivity contribution in [2.24, 2.45) is 11.8 Å². The Labute approximate surface area is 178 Å². The van der Waals surface area contributed by atoms with Crippen LogP contribution in [0.2, 0.25) is 0 Å². The molecule has 0 aliphatic heterocycles. The van der Waals surface area contributed by atoms with Gasteiger partial charge in [0.1, 0.15) is 5.82 Å². The maximum absolute atomic E-state index is 14.2. The molecular weight excluding hydrogens is 375 g/mol. The van der Waals surface area contributed by atoms with E-state index in [1.807, 2.05) is 24.3 Å². The number of amides is 1. The average molecular weight is 407 g/mol. The maximum atomic E-state index is 14.2. The number of halogens is 1. The third kappa shape index (κ3) is 4.43. The lowest BCUT2D eigenvalue weighted by molar-refractivity contribution is -0.122. The molecule has 1 amide bonds. The highest BCUT2D eigenvalue weighted by Crippen LogP contribution is 2.30. The van der Waals surface area contributed by atoms with E-state index >= 15 is 0 Å². The van der Waals surface area contributed by atoms with Gasteiger partial charge in [-0.3, -0.25) is 4.79 Å². The van der Waals surface area contributed by atoms with Crippen molar-refractivity contribution in [1.82, 2.24) is 9.88 Å². The number of nitrogens with one attached hydrogen (secondary N) is 1. The molecule has 3 nitrogen and oxygen atoms in total. The fourth-order valence-electron chi connectivity index (χ4n) is 4.78. The Kier molecular flexibility index (Phi) is 6.21. The van der Waals surface area contributed by atoms with E-state index in [2.05, 4.69) is 42.1 Å². The quantitative estimate of drug-likeness (QED) is 0.560. The highest BCUT2D eigenvalue weighted by atomic mass is 19.1. The zero-order chi connectivity index (χ0) is 21.1. The van der Waals surface area contributed by atoms with Gasteiger partial charge in [-0.15, -0.1) is 0 Å². The molecule has 2 aromatic carbocycles. The molecule has 4 rings (SSSR count). The molecule has 3 aromatic rings. The Balaban J connectivity index is 1.47. The molecule has 1 saturated carbocycles. The number of benzene rings is 2. The summed E-state index contributed by atoms with van der Waals surface area (Å²) in [5, 5.41) is 4.42. The van der Waals surface area contributed by atoms with Crippen LogP contribution in [0, 0.1) is 17.7 Å². The Morgan fingerprint density at radius 1 is 1.07 bits per heavy atom. The van der Waals surface area contributed by atoms with Gasteiger partial charge in [-0.05, 0) is 42.4 Å². The lowest BCUT2D eigenvalue weighted by Gasteiger charge is -2.34. The van der Waals surface area contributed by atoms with Crippen LogP contribution in [-0.2, 0) is 17.8 Å². The second kappa shape index (κ2) is 9.03. The van der Waals surface area contributed by atoms with Gasteiger partial charge in [0.05, 0.1) is 6.54 Å². The summed E-state index contributed by atoms with van der Waals surface area (Å²) in [7, 11) is 0. The highest BCUT2D eigenvalue weighted by molar-refractivity contribution is 5.85. The predicted molar refractivity (Wildman–Crippen MR) is 120 cm³/mol. The second-order valence-electron chi connectivity index (χ2n) is 8.83. The Morgan fingerprint density at radius 2 is 1.83 bits per heavy atom. The summed E-state index contributed by atoms with van der Waals surface area (Å²) < 4.78 is 16.2. The van der Waals surface area contributed by atoms with Crippen LogP contribution in [0.5, 0.6) is 0 Å². The summed E-state index contributed by atoms with van der Waals surface area (Å²) in [5.74, 6) is 1.14. The first kappa shape index (κ1) is 20.6. The molecule has 1 aliphatic carbocycles. The summed E-state index contributed by atoms with van der Waals surface area (Å²) in [6.07, 6.45) is 6.78. The summed E-state index contributed by atoms with van der Waals surface area (Å²) >= 11 is 0. The monoisotopic (exact) mass is 406 g/mol. The van der Waals surface area contributed by atoms with Crippen molar-refractivity contribution in [3.63, 3.8) is 0 Å². The SMILES string of the molecule is C[C@H]1[C@H](C)CCC[C@@H]1NC(=O)CCc1cn(Cc2ccccc2F)c2ccccc12. The molecule has 158 valence electrons. The van der Waals surface area contributed by atoms with E-state index < -0.39 is 0 Å². The van der Waals surface area contributed by atoms with E-state index in [-0.39, 0.29) is 11.7 Å². The fraction of sp³-hybridized carbons (Fsp3) is 0.423. The van der Waals surface area contributed by atoms with Crippen LogP contribution in [0.25, 0.3) is 10.9 Å². The zero-order valence-electron chi connectivity index (χ0n) is 17.9. The van der Waals surface area contributed by atoms with E-state index in [1.54, 1.807) is 6.07 Å². The van der Waals surface area contributed by atoms with Crippen molar-refractivity contribution < 1.29 is 9.18 Å². The summed E-state index contributed by atoms with van der Waals surface area (Å²) in [4.78, 5) is 12.6. The topological polar surface area (TPSA) is 34.0 Å². The molecule has 4 heteroatoms. The maximum Gasteiger partial charge on any atom is 0.220 e. The van der Waals surface area contributed by atoms with Crippen LogP contribution in [0.3, 0.4) is 0 Å². The first-order valence-electron chi connectivity index (χ1n) is 11.1. The minimum absolute atomic E-state index is 0.131. The Morgan fingerprint density at radius 3 is 2.67 bits per heavy atom. The van der Waals surface area contributed by atoms with Crippen LogP contribution < -0.4 is 5.32 Å². The van der Waals surface area contributed by atoms with Crippen molar-refractivity contribution in [1.29, 1.82) is 0 Å². The van der Waals surface area contributed by atoms with Crippen molar-refractivity contribution in [3.8, 4) is 0 Å². The number of hydrogen-bond acceptors (Lipinski definition) is 1. The van der Waals surface area contributed by atoms with Crippen molar-refractivity contribution in [2.75, 3.05) is 0 Å². The Bertz CT molecular complexity index is 1020. The molecule has 0 radical (unpaired) electrons. The minimum Gasteiger partial charge on any atom is -0.353 e. The first-order chi connectivity index (χ1) is 14.5. The molecule has 0 unspecified atom stereocenters. The first-order valence-corrected chi connectivity index (χ1v) is 11.1. The van der Waals surface area contributed by atoms with Crippen molar-refractivity contribution >= 4 is 16.8 Å². The summed E-state index contributed by atoms with van der Waals surface area (Å²) in [5.41, 5.74) is 2.89. The lowest BCUT2D eigenvalue weighted by atomic mass is 9.78. The number of aryl methyl sites for hydroxylation is 1. The number of hydrogen-bond donors (Lipinski definition) is 1. The van der Waals surface area contributed by atoms with Gasteiger partial charge in [0.15, 0.2) is 0 Å². The van der Waals surface area contributed by atoms with Gasteiger partial charge >= 0.3 is 0 Å². The van der Waals surface area contributed by atoms with Crippen LogP contribution in [0.4, 0.5) is 4.39 Å².